The fourth-order valence-corrected chi connectivity index (χ4v) is 3.30. The van der Waals surface area contributed by atoms with Gasteiger partial charge >= 0.3 is 6.18 Å². The van der Waals surface area contributed by atoms with E-state index in [-0.39, 0.29) is 30.0 Å². The van der Waals surface area contributed by atoms with Gasteiger partial charge in [-0.15, -0.1) is 0 Å². The summed E-state index contributed by atoms with van der Waals surface area (Å²) < 4.78 is 68.6. The van der Waals surface area contributed by atoms with Gasteiger partial charge in [0.05, 0.1) is 0 Å². The number of carbonyl (C=O) groups is 1. The van der Waals surface area contributed by atoms with E-state index in [0.29, 0.717) is 0 Å². The highest BCUT2D eigenvalue weighted by atomic mass is 32.2. The first-order valence-electron chi connectivity index (χ1n) is 9.27. The summed E-state index contributed by atoms with van der Waals surface area (Å²) >= 11 is 0. The molecule has 11 heteroatoms. The molecule has 0 aliphatic heterocycles. The van der Waals surface area contributed by atoms with Crippen LogP contribution < -0.4 is 10.1 Å². The Kier molecular flexibility index (Phi) is 6.08. The van der Waals surface area contributed by atoms with Crippen LogP contribution in [0, 0.1) is 0 Å². The van der Waals surface area contributed by atoms with Gasteiger partial charge in [-0.3, -0.25) is 4.79 Å². The summed E-state index contributed by atoms with van der Waals surface area (Å²) in [4.78, 5) is 20.5. The first-order valence-corrected chi connectivity index (χ1v) is 11.2. The number of amides is 1. The zero-order valence-corrected chi connectivity index (χ0v) is 17.5. The van der Waals surface area contributed by atoms with Crippen molar-refractivity contribution in [1.82, 2.24) is 15.3 Å². The molecule has 1 N–H and O–H groups in total. The van der Waals surface area contributed by atoms with Crippen molar-refractivity contribution in [3.05, 3.63) is 59.4 Å². The van der Waals surface area contributed by atoms with Crippen LogP contribution in [0.1, 0.15) is 35.9 Å². The lowest BCUT2D eigenvalue weighted by Crippen LogP contribution is -2.33. The standard InChI is InChI=1S/C20H20F3N3O4S/c1-13(8-11-31(2,28)29)25-16(27)15-12-24-18(19(9-10-19)20(21,22)23)26-17(15)30-14-6-4-3-5-7-14/h3-8,11-13H,9-10H2,1-2H3,(H,25,27). The van der Waals surface area contributed by atoms with Crippen molar-refractivity contribution in [1.29, 1.82) is 0 Å². The van der Waals surface area contributed by atoms with Gasteiger partial charge in [0.25, 0.3) is 5.91 Å². The molecule has 166 valence electrons. The molecule has 1 aliphatic carbocycles. The Morgan fingerprint density at radius 3 is 2.45 bits per heavy atom. The molecule has 1 fully saturated rings. The molecular weight excluding hydrogens is 435 g/mol. The molecule has 1 unspecified atom stereocenters. The topological polar surface area (TPSA) is 98.2 Å². The number of aromatic nitrogens is 2. The summed E-state index contributed by atoms with van der Waals surface area (Å²) in [6, 6.07) is 7.50. The highest BCUT2D eigenvalue weighted by Crippen LogP contribution is 2.58. The number of alkyl halides is 3. The van der Waals surface area contributed by atoms with Crippen LogP contribution >= 0.6 is 0 Å². The van der Waals surface area contributed by atoms with Crippen molar-refractivity contribution < 1.29 is 31.1 Å². The molecule has 1 amide bonds. The quantitative estimate of drug-likeness (QED) is 0.686. The van der Waals surface area contributed by atoms with Crippen molar-refractivity contribution in [2.45, 2.75) is 37.4 Å². The number of benzene rings is 1. The van der Waals surface area contributed by atoms with Gasteiger partial charge in [-0.1, -0.05) is 24.3 Å². The van der Waals surface area contributed by atoms with Crippen LogP contribution in [0.15, 0.2) is 48.0 Å². The molecule has 0 saturated heterocycles. The Labute approximate surface area is 177 Å². The van der Waals surface area contributed by atoms with Crippen molar-refractivity contribution in [3.63, 3.8) is 0 Å². The molecule has 2 aromatic rings. The van der Waals surface area contributed by atoms with Gasteiger partial charge in [0.15, 0.2) is 9.84 Å². The number of rotatable bonds is 7. The fraction of sp³-hybridized carbons (Fsp3) is 0.350. The molecule has 31 heavy (non-hydrogen) atoms. The third-order valence-electron chi connectivity index (χ3n) is 4.65. The van der Waals surface area contributed by atoms with Crippen LogP contribution in [0.25, 0.3) is 0 Å². The Morgan fingerprint density at radius 2 is 1.90 bits per heavy atom. The van der Waals surface area contributed by atoms with Gasteiger partial charge in [-0.05, 0) is 31.9 Å². The van der Waals surface area contributed by atoms with Crippen molar-refractivity contribution in [2.24, 2.45) is 0 Å². The molecule has 1 atom stereocenters. The molecule has 3 rings (SSSR count). The van der Waals surface area contributed by atoms with Crippen LogP contribution in [0.5, 0.6) is 11.6 Å². The number of halogens is 3. The van der Waals surface area contributed by atoms with Crippen molar-refractivity contribution in [3.8, 4) is 11.6 Å². The van der Waals surface area contributed by atoms with Gasteiger partial charge < -0.3 is 10.1 Å². The molecule has 1 aromatic carbocycles. The second-order valence-electron chi connectivity index (χ2n) is 7.33. The van der Waals surface area contributed by atoms with Crippen LogP contribution in [-0.4, -0.2) is 42.8 Å². The average molecular weight is 455 g/mol. The molecule has 0 spiro atoms. The molecule has 1 heterocycles. The normalized spacial score (nSPS) is 16.7. The number of hydrogen-bond donors (Lipinski definition) is 1. The predicted octanol–water partition coefficient (Wildman–Crippen LogP) is 3.54. The minimum Gasteiger partial charge on any atom is -0.438 e. The predicted molar refractivity (Wildman–Crippen MR) is 106 cm³/mol. The maximum Gasteiger partial charge on any atom is 0.401 e. The van der Waals surface area contributed by atoms with Crippen molar-refractivity contribution >= 4 is 15.7 Å². The van der Waals surface area contributed by atoms with Gasteiger partial charge in [0.2, 0.25) is 5.88 Å². The summed E-state index contributed by atoms with van der Waals surface area (Å²) in [5, 5.41) is 3.47. The number of ether oxygens (including phenoxy) is 1. The van der Waals surface area contributed by atoms with E-state index in [2.05, 4.69) is 15.3 Å². The van der Waals surface area contributed by atoms with E-state index in [4.69, 9.17) is 4.74 Å². The lowest BCUT2D eigenvalue weighted by atomic mass is 10.1. The van der Waals surface area contributed by atoms with Gasteiger partial charge in [0.1, 0.15) is 22.6 Å². The third-order valence-corrected chi connectivity index (χ3v) is 5.30. The van der Waals surface area contributed by atoms with E-state index in [9.17, 15) is 26.4 Å². The summed E-state index contributed by atoms with van der Waals surface area (Å²) in [7, 11) is -3.39. The number of carbonyl (C=O) groups excluding carboxylic acids is 1. The summed E-state index contributed by atoms with van der Waals surface area (Å²) in [6.07, 6.45) is -1.53. The summed E-state index contributed by atoms with van der Waals surface area (Å²) in [5.74, 6) is -1.21. The Hall–Kier alpha value is -2.95. The lowest BCUT2D eigenvalue weighted by Gasteiger charge is -2.19. The van der Waals surface area contributed by atoms with E-state index in [1.165, 1.54) is 13.0 Å². The summed E-state index contributed by atoms with van der Waals surface area (Å²) in [6.45, 7) is 1.54. The van der Waals surface area contributed by atoms with Crippen molar-refractivity contribution in [2.75, 3.05) is 6.26 Å². The Morgan fingerprint density at radius 1 is 1.26 bits per heavy atom. The van der Waals surface area contributed by atoms with Crippen LogP contribution in [0.4, 0.5) is 13.2 Å². The molecule has 1 aromatic heterocycles. The van der Waals surface area contributed by atoms with E-state index >= 15 is 0 Å². The molecule has 7 nitrogen and oxygen atoms in total. The highest BCUT2D eigenvalue weighted by molar-refractivity contribution is 7.93. The van der Waals surface area contributed by atoms with E-state index in [0.717, 1.165) is 17.9 Å². The smallest absolute Gasteiger partial charge is 0.401 e. The Bertz CT molecular complexity index is 1100. The van der Waals surface area contributed by atoms with Gasteiger partial charge in [0, 0.05) is 23.9 Å². The number of sulfone groups is 1. The van der Waals surface area contributed by atoms with Crippen LogP contribution in [0.3, 0.4) is 0 Å². The maximum atomic E-state index is 13.5. The number of para-hydroxylation sites is 1. The lowest BCUT2D eigenvalue weighted by molar-refractivity contribution is -0.162. The minimum atomic E-state index is -4.52. The maximum absolute atomic E-state index is 13.5. The largest absolute Gasteiger partial charge is 0.438 e. The van der Waals surface area contributed by atoms with Crippen LogP contribution in [0.2, 0.25) is 0 Å². The first kappa shape index (κ1) is 22.7. The molecule has 0 bridgehead atoms. The van der Waals surface area contributed by atoms with Gasteiger partial charge in [-0.2, -0.15) is 18.2 Å². The van der Waals surface area contributed by atoms with E-state index < -0.39 is 39.2 Å². The fourth-order valence-electron chi connectivity index (χ4n) is 2.78. The number of nitrogens with zero attached hydrogens (tertiary/aromatic N) is 2. The molecule has 1 aliphatic rings. The SMILES string of the molecule is CC(C=CS(C)(=O)=O)NC(=O)c1cnc(C2(C(F)(F)F)CC2)nc1Oc1ccccc1. The number of nitrogens with one attached hydrogen (secondary N) is 1. The zero-order chi connectivity index (χ0) is 22.9. The van der Waals surface area contributed by atoms with Gasteiger partial charge in [-0.25, -0.2) is 13.4 Å². The molecule has 0 radical (unpaired) electrons. The second-order valence-corrected chi connectivity index (χ2v) is 9.26. The van der Waals surface area contributed by atoms with Crippen LogP contribution in [-0.2, 0) is 15.3 Å². The highest BCUT2D eigenvalue weighted by Gasteiger charge is 2.66. The van der Waals surface area contributed by atoms with E-state index in [1.807, 2.05) is 0 Å². The monoisotopic (exact) mass is 455 g/mol. The zero-order valence-electron chi connectivity index (χ0n) is 16.7. The summed E-state index contributed by atoms with van der Waals surface area (Å²) in [5.41, 5.74) is -2.31. The molecular formula is C20H20F3N3O4S. The third kappa shape index (κ3) is 5.40. The first-order chi connectivity index (χ1) is 14.4. The van der Waals surface area contributed by atoms with E-state index in [1.54, 1.807) is 30.3 Å². The minimum absolute atomic E-state index is 0.139. The Balaban J connectivity index is 1.93. The average Bonchev–Trinajstić information content (AvgIpc) is 3.49. The second kappa shape index (κ2) is 8.29. The number of hydrogen-bond acceptors (Lipinski definition) is 6. The molecule has 1 saturated carbocycles.